The van der Waals surface area contributed by atoms with Gasteiger partial charge in [0.05, 0.1) is 70.6 Å². The molecule has 4 aliphatic rings. The fraction of sp³-hybridized carbons (Fsp3) is 0.275. The average Bonchev–Trinajstić information content (AvgIpc) is 0.768. The molecule has 0 fully saturated rings. The molecule has 678 valence electrons. The summed E-state index contributed by atoms with van der Waals surface area (Å²) in [5.74, 6) is -0.924. The zero-order valence-electron chi connectivity index (χ0n) is 72.9. The van der Waals surface area contributed by atoms with Gasteiger partial charge < -0.3 is 58.5 Å². The largest absolute Gasteiger partial charge is 0.481 e. The number of hydrogen-bond donors (Lipinski definition) is 6. The number of benzene rings is 10. The second-order valence-corrected chi connectivity index (χ2v) is 31.6. The molecule has 4 aliphatic carbocycles. The number of carboxylic acid groups (broad SMARTS) is 1. The molecule has 14 rings (SSSR count). The quantitative estimate of drug-likeness (QED) is 0.00590. The number of aliphatic carboxylic acids is 1. The molecule has 7 N–H and O–H groups in total. The van der Waals surface area contributed by atoms with Gasteiger partial charge in [-0.3, -0.25) is 34.1 Å². The van der Waals surface area contributed by atoms with Crippen LogP contribution in [0, 0.1) is 39.2 Å². The van der Waals surface area contributed by atoms with Crippen molar-refractivity contribution in [2.75, 3.05) is 81.9 Å². The number of fused-ring (bicyclic) bond motifs is 4. The maximum Gasteiger partial charge on any atom is 0.416 e. The van der Waals surface area contributed by atoms with Crippen molar-refractivity contribution >= 4 is 75.3 Å². The van der Waals surface area contributed by atoms with Crippen molar-refractivity contribution in [3.63, 3.8) is 0 Å². The first kappa shape index (κ1) is 102. The van der Waals surface area contributed by atoms with Gasteiger partial charge in [-0.2, -0.15) is 26.3 Å². The Balaban J connectivity index is 0.000000213. The molecule has 0 saturated heterocycles. The number of halogens is 6. The van der Waals surface area contributed by atoms with Crippen molar-refractivity contribution in [3.8, 4) is 44.5 Å². The number of nitrogens with zero attached hydrogens (tertiary/aromatic N) is 1. The fourth-order valence-electron chi connectivity index (χ4n) is 16.7. The summed E-state index contributed by atoms with van der Waals surface area (Å²) in [7, 11) is 6.32. The molecule has 0 radical (unpaired) electrons. The molecule has 4 atom stereocenters. The monoisotopic (exact) mass is 1810 g/mol. The molecule has 20 nitrogen and oxygen atoms in total. The van der Waals surface area contributed by atoms with Crippen LogP contribution in [0.5, 0.6) is 0 Å². The van der Waals surface area contributed by atoms with E-state index >= 15 is 0 Å². The van der Waals surface area contributed by atoms with Crippen LogP contribution >= 0.6 is 0 Å². The van der Waals surface area contributed by atoms with E-state index in [1.54, 1.807) is 94.1 Å². The number of nitro groups is 1. The summed E-state index contributed by atoms with van der Waals surface area (Å²) in [4.78, 5) is 99.0. The van der Waals surface area contributed by atoms with Gasteiger partial charge in [0.1, 0.15) is 0 Å². The Bertz CT molecular complexity index is 5690. The number of ether oxygens (including phenoxy) is 4. The molecule has 0 spiro atoms. The first-order chi connectivity index (χ1) is 60.7. The van der Waals surface area contributed by atoms with Gasteiger partial charge in [0.25, 0.3) is 5.69 Å². The summed E-state index contributed by atoms with van der Waals surface area (Å²) in [6, 6.07) is 58.6. The van der Waals surface area contributed by atoms with E-state index in [2.05, 4.69) is 47.1 Å². The SMILES string of the molecule is C=CCC1(COC)CCc2cc(-c3ccc(N)cc3)ccc2C1=O.C=CCC1(COC)CCc2cc(-c3ccc(NC(=O)Nc4cccc(C(F)(F)F)c4)cc3)ccc2C1=O.C=CCC1(COC)CCc2cc(-c3ccc([N+](=O)[O-])cc3)ccc2C1=O.CC.COCC1(CC(=O)O)CCc2cc(-c3ccc(NC(=O)Nc4cccc(C(F)(F)F)c4)cc3)ccc2C1=O.[CH3-].[Fe]. The number of rotatable bonds is 25. The number of ketones is 4. The third kappa shape index (κ3) is 24.8. The zero-order chi connectivity index (χ0) is 92.0. The van der Waals surface area contributed by atoms with E-state index in [4.69, 9.17) is 24.7 Å². The number of amides is 4. The van der Waals surface area contributed by atoms with Gasteiger partial charge in [-0.15, -0.1) is 19.7 Å². The topological polar surface area (TPSA) is 294 Å². The van der Waals surface area contributed by atoms with Gasteiger partial charge >= 0.3 is 30.4 Å². The van der Waals surface area contributed by atoms with Crippen molar-refractivity contribution in [3.05, 3.63) is 330 Å². The van der Waals surface area contributed by atoms with Crippen molar-refractivity contribution < 1.29 is 106 Å². The standard InChI is InChI=1S/C29H27F3N2O3.C28H25F3N2O5.C21H21NO4.C21H23NO2.C2H6.CH3.Fe/c1-3-14-28(18-37-2)15-13-21-16-20(9-12-25(21)26(28)35)19-7-10-23(11-8-19)33-27(36)34-24-6-4-5-22(17-24)29(30,31)32;1-38-16-27(15-24(34)35)12-11-19-13-18(7-10-23(19)25(27)36)17-5-8-21(9-6-17)32-26(37)33-22-4-2-3-20(14-22)28(29,30)31;1-3-11-21(14-26-2)12-10-17-13-16(6-9-19(17)20(21)23)15-4-7-18(8-5-15)22(24)25;1-3-11-21(14-24-2)12-10-17-13-16(6-9-19(17)20(21)23)15-4-7-18(22)8-5-15;1-2;;/h3-12,16-17H,1,13-15,18H2,2H3,(H2,33,34,36);2-10,13-14H,11-12,15-16H2,1H3,(H,34,35)(H2,32,33,37);3-9,13H,1,10-12,14H2,2H3;3-9,13H,1,10-12,14,22H2,2H3;1-2H3;1H3;/q;;;;;-1;. The third-order valence-corrected chi connectivity index (χ3v) is 23.1. The minimum atomic E-state index is -4.51. The van der Waals surface area contributed by atoms with Crippen molar-refractivity contribution in [2.24, 2.45) is 21.7 Å². The number of carboxylic acids is 1. The van der Waals surface area contributed by atoms with E-state index in [0.29, 0.717) is 80.8 Å². The Morgan fingerprint density at radius 1 is 0.419 bits per heavy atom. The van der Waals surface area contributed by atoms with Crippen LogP contribution in [0.2, 0.25) is 0 Å². The normalized spacial score (nSPS) is 17.5. The summed E-state index contributed by atoms with van der Waals surface area (Å²) in [6.45, 7) is 16.6. The summed E-state index contributed by atoms with van der Waals surface area (Å²) in [6.07, 6.45) is 3.41. The maximum atomic E-state index is 13.3. The Kier molecular flexibility index (Phi) is 35.7. The van der Waals surface area contributed by atoms with Crippen molar-refractivity contribution in [2.45, 2.75) is 103 Å². The van der Waals surface area contributed by atoms with E-state index < -0.39 is 68.1 Å². The molecule has 4 unspecified atom stereocenters. The number of methoxy groups -OCH3 is 4. The predicted octanol–water partition coefficient (Wildman–Crippen LogP) is 24.0. The van der Waals surface area contributed by atoms with Crippen LogP contribution in [0.15, 0.2) is 256 Å². The van der Waals surface area contributed by atoms with E-state index in [0.717, 1.165) is 140 Å². The van der Waals surface area contributed by atoms with Crippen molar-refractivity contribution in [1.82, 2.24) is 0 Å². The summed E-state index contributed by atoms with van der Waals surface area (Å²) in [5, 5.41) is 30.1. The van der Waals surface area contributed by atoms with Crippen LogP contribution in [0.25, 0.3) is 44.5 Å². The number of carbonyl (C=O) groups is 7. The van der Waals surface area contributed by atoms with Crippen LogP contribution in [0.3, 0.4) is 0 Å². The van der Waals surface area contributed by atoms with Gasteiger partial charge in [-0.25, -0.2) is 9.59 Å². The maximum absolute atomic E-state index is 13.3. The number of non-ortho nitro benzene ring substituents is 1. The number of nitrogens with one attached hydrogen (secondary N) is 4. The number of hydrogen-bond acceptors (Lipinski definition) is 14. The van der Waals surface area contributed by atoms with Gasteiger partial charge in [-0.05, 0) is 222 Å². The fourth-order valence-corrected chi connectivity index (χ4v) is 16.7. The minimum Gasteiger partial charge on any atom is -0.481 e. The number of allylic oxidation sites excluding steroid dienone is 3. The molecule has 0 aromatic heterocycles. The Morgan fingerprint density at radius 3 is 0.961 bits per heavy atom. The van der Waals surface area contributed by atoms with Gasteiger partial charge in [0.2, 0.25) is 0 Å². The Labute approximate surface area is 757 Å². The van der Waals surface area contributed by atoms with E-state index in [1.165, 1.54) is 43.5 Å². The summed E-state index contributed by atoms with van der Waals surface area (Å²) >= 11 is 0. The van der Waals surface area contributed by atoms with Crippen molar-refractivity contribution in [1.29, 1.82) is 0 Å². The van der Waals surface area contributed by atoms with Crippen LogP contribution in [-0.4, -0.2) is 106 Å². The van der Waals surface area contributed by atoms with E-state index in [9.17, 15) is 75.1 Å². The Morgan fingerprint density at radius 2 is 0.682 bits per heavy atom. The van der Waals surface area contributed by atoms with Crippen LogP contribution < -0.4 is 27.0 Å². The van der Waals surface area contributed by atoms with E-state index in [-0.39, 0.29) is 77.7 Å². The first-order valence-corrected chi connectivity index (χ1v) is 41.3. The molecule has 0 bridgehead atoms. The second-order valence-electron chi connectivity index (χ2n) is 31.6. The molecule has 0 heterocycles. The summed E-state index contributed by atoms with van der Waals surface area (Å²) in [5.41, 5.74) is 17.4. The van der Waals surface area contributed by atoms with Gasteiger partial charge in [0.15, 0.2) is 23.1 Å². The van der Waals surface area contributed by atoms with Gasteiger partial charge in [-0.1, -0.05) is 153 Å². The molecule has 129 heavy (non-hydrogen) atoms. The van der Waals surface area contributed by atoms with Crippen LogP contribution in [0.4, 0.5) is 70.1 Å². The number of aryl methyl sites for hydroxylation is 4. The summed E-state index contributed by atoms with van der Waals surface area (Å²) < 4.78 is 98.5. The van der Waals surface area contributed by atoms with Gasteiger partial charge in [0, 0.05) is 108 Å². The minimum absolute atomic E-state index is 0. The smallest absolute Gasteiger partial charge is 0.416 e. The molecular formula is C102H105F6FeN6O14-. The molecular weight excluding hydrogens is 1700 g/mol. The molecule has 10 aromatic rings. The number of urea groups is 2. The average molecular weight is 1810 g/mol. The molecule has 4 amide bonds. The number of Topliss-reactive ketones (excluding diaryl/α,β-unsaturated/α-hetero) is 4. The molecule has 10 aromatic carbocycles. The number of nitrogens with two attached hydrogens (primary N) is 1. The zero-order valence-corrected chi connectivity index (χ0v) is 74.0. The van der Waals surface area contributed by atoms with Crippen LogP contribution in [0.1, 0.15) is 140 Å². The first-order valence-electron chi connectivity index (χ1n) is 41.3. The molecule has 0 aliphatic heterocycles. The second kappa shape index (κ2) is 45.3. The predicted molar refractivity (Wildman–Crippen MR) is 489 cm³/mol. The number of nitrogen functional groups attached to an aromatic ring is 1. The number of carbonyl (C=O) groups excluding carboxylic acids is 6. The number of anilines is 5. The molecule has 27 heteroatoms. The third-order valence-electron chi connectivity index (χ3n) is 23.1. The Hall–Kier alpha value is -12.8. The van der Waals surface area contributed by atoms with Crippen LogP contribution in [-0.2, 0) is 78.8 Å². The number of nitro benzene ring substituents is 1. The number of alkyl halides is 6. The molecule has 0 saturated carbocycles. The van der Waals surface area contributed by atoms with E-state index in [1.807, 2.05) is 111 Å².